The van der Waals surface area contributed by atoms with Gasteiger partial charge in [0, 0.05) is 4.83 Å². The first-order valence-corrected chi connectivity index (χ1v) is 6.47. The molecule has 1 unspecified atom stereocenters. The average Bonchev–Trinajstić information content (AvgIpc) is 1.97. The van der Waals surface area contributed by atoms with E-state index in [2.05, 4.69) is 36.7 Å². The third kappa shape index (κ3) is 7.20. The highest BCUT2D eigenvalue weighted by atomic mass is 79.9. The van der Waals surface area contributed by atoms with E-state index in [0.717, 1.165) is 10.7 Å². The van der Waals surface area contributed by atoms with Gasteiger partial charge < -0.3 is 0 Å². The maximum absolute atomic E-state index is 3.69. The second-order valence-electron chi connectivity index (χ2n) is 3.10. The first-order valence-electron chi connectivity index (χ1n) is 4.40. The number of rotatable bonds is 6. The second-order valence-corrected chi connectivity index (χ2v) is 5.67. The minimum absolute atomic E-state index is 0.722. The minimum atomic E-state index is 0.722. The summed E-state index contributed by atoms with van der Waals surface area (Å²) in [6.45, 7) is 6.76. The van der Waals surface area contributed by atoms with E-state index < -0.39 is 0 Å². The highest BCUT2D eigenvalue weighted by Crippen LogP contribution is 2.18. The molecular weight excluding hydrogens is 220 g/mol. The van der Waals surface area contributed by atoms with Gasteiger partial charge in [-0.05, 0) is 30.3 Å². The fraction of sp³-hybridized carbons (Fsp3) is 1.00. The van der Waals surface area contributed by atoms with Crippen LogP contribution in [-0.2, 0) is 0 Å². The van der Waals surface area contributed by atoms with Gasteiger partial charge in [-0.2, -0.15) is 11.8 Å². The van der Waals surface area contributed by atoms with Crippen LogP contribution in [0.3, 0.4) is 0 Å². The highest BCUT2D eigenvalue weighted by molar-refractivity contribution is 9.09. The molecule has 0 aliphatic rings. The van der Waals surface area contributed by atoms with Gasteiger partial charge in [-0.1, -0.05) is 36.7 Å². The van der Waals surface area contributed by atoms with Crippen LogP contribution in [0.5, 0.6) is 0 Å². The number of hydrogen-bond acceptors (Lipinski definition) is 1. The monoisotopic (exact) mass is 238 g/mol. The third-order valence-corrected chi connectivity index (χ3v) is 4.20. The molecular formula is C9H19BrS. The number of halogens is 1. The fourth-order valence-corrected chi connectivity index (χ4v) is 1.84. The lowest BCUT2D eigenvalue weighted by atomic mass is 10.1. The van der Waals surface area contributed by atoms with Crippen LogP contribution in [0.1, 0.15) is 33.6 Å². The molecule has 0 aromatic rings. The Hall–Kier alpha value is 0.830. The maximum atomic E-state index is 3.69. The summed E-state index contributed by atoms with van der Waals surface area (Å²) in [7, 11) is 0. The van der Waals surface area contributed by atoms with Crippen molar-refractivity contribution >= 4 is 27.7 Å². The summed E-state index contributed by atoms with van der Waals surface area (Å²) >= 11 is 5.73. The molecule has 2 heteroatoms. The molecule has 0 N–H and O–H groups in total. The third-order valence-electron chi connectivity index (χ3n) is 1.70. The van der Waals surface area contributed by atoms with Crippen molar-refractivity contribution in [3.63, 3.8) is 0 Å². The largest absolute Gasteiger partial charge is 0.162 e. The molecule has 0 fully saturated rings. The van der Waals surface area contributed by atoms with Crippen LogP contribution in [0, 0.1) is 5.92 Å². The van der Waals surface area contributed by atoms with Crippen molar-refractivity contribution in [1.29, 1.82) is 0 Å². The topological polar surface area (TPSA) is 0 Å². The number of thioether (sulfide) groups is 1. The van der Waals surface area contributed by atoms with Gasteiger partial charge in [0.15, 0.2) is 0 Å². The standard InChI is InChI=1S/C9H19BrS/c1-4-11-7-5-6-9(10)8(2)3/h8-9H,4-7H2,1-3H3. The molecule has 0 rings (SSSR count). The van der Waals surface area contributed by atoms with Gasteiger partial charge in [-0.3, -0.25) is 0 Å². The van der Waals surface area contributed by atoms with E-state index in [1.165, 1.54) is 24.3 Å². The number of alkyl halides is 1. The SMILES string of the molecule is CCSCCCC(Br)C(C)C. The summed E-state index contributed by atoms with van der Waals surface area (Å²) in [4.78, 5) is 0.722. The van der Waals surface area contributed by atoms with E-state index in [9.17, 15) is 0 Å². The van der Waals surface area contributed by atoms with Crippen molar-refractivity contribution in [2.75, 3.05) is 11.5 Å². The van der Waals surface area contributed by atoms with Gasteiger partial charge in [0.05, 0.1) is 0 Å². The van der Waals surface area contributed by atoms with Gasteiger partial charge >= 0.3 is 0 Å². The summed E-state index contributed by atoms with van der Waals surface area (Å²) in [5.74, 6) is 3.36. The zero-order valence-corrected chi connectivity index (χ0v) is 10.2. The van der Waals surface area contributed by atoms with Gasteiger partial charge in [0.25, 0.3) is 0 Å². The van der Waals surface area contributed by atoms with Crippen molar-refractivity contribution in [3.8, 4) is 0 Å². The Kier molecular flexibility index (Phi) is 8.04. The van der Waals surface area contributed by atoms with E-state index in [0.29, 0.717) is 0 Å². The Labute approximate surface area is 83.6 Å². The molecule has 0 spiro atoms. The molecule has 68 valence electrons. The first-order chi connectivity index (χ1) is 5.18. The Bertz CT molecular complexity index is 83.6. The van der Waals surface area contributed by atoms with Crippen LogP contribution in [0.4, 0.5) is 0 Å². The molecule has 0 aromatic heterocycles. The molecule has 0 aromatic carbocycles. The van der Waals surface area contributed by atoms with Crippen molar-refractivity contribution in [2.45, 2.75) is 38.4 Å². The summed E-state index contributed by atoms with van der Waals surface area (Å²) in [6.07, 6.45) is 2.68. The molecule has 0 aliphatic carbocycles. The predicted octanol–water partition coefficient (Wildman–Crippen LogP) is 3.94. The number of hydrogen-bond donors (Lipinski definition) is 0. The van der Waals surface area contributed by atoms with Crippen molar-refractivity contribution < 1.29 is 0 Å². The first kappa shape index (κ1) is 11.8. The molecule has 0 heterocycles. The lowest BCUT2D eigenvalue weighted by Crippen LogP contribution is -2.06. The van der Waals surface area contributed by atoms with Crippen LogP contribution < -0.4 is 0 Å². The Morgan fingerprint density at radius 1 is 1.36 bits per heavy atom. The van der Waals surface area contributed by atoms with E-state index in [4.69, 9.17) is 0 Å². The molecule has 1 atom stereocenters. The maximum Gasteiger partial charge on any atom is 0.0169 e. The van der Waals surface area contributed by atoms with Gasteiger partial charge in [0.2, 0.25) is 0 Å². The normalized spacial score (nSPS) is 13.9. The van der Waals surface area contributed by atoms with Crippen LogP contribution in [-0.4, -0.2) is 16.3 Å². The molecule has 0 radical (unpaired) electrons. The molecule has 11 heavy (non-hydrogen) atoms. The van der Waals surface area contributed by atoms with Crippen LogP contribution in [0.15, 0.2) is 0 Å². The van der Waals surface area contributed by atoms with Crippen molar-refractivity contribution in [3.05, 3.63) is 0 Å². The van der Waals surface area contributed by atoms with E-state index in [1.807, 2.05) is 11.8 Å². The van der Waals surface area contributed by atoms with Crippen LogP contribution in [0.2, 0.25) is 0 Å². The fourth-order valence-electron chi connectivity index (χ4n) is 0.858. The zero-order chi connectivity index (χ0) is 8.69. The lowest BCUT2D eigenvalue weighted by Gasteiger charge is -2.12. The van der Waals surface area contributed by atoms with E-state index in [1.54, 1.807) is 0 Å². The summed E-state index contributed by atoms with van der Waals surface area (Å²) in [5, 5.41) is 0. The van der Waals surface area contributed by atoms with E-state index in [-0.39, 0.29) is 0 Å². The van der Waals surface area contributed by atoms with Crippen molar-refractivity contribution in [2.24, 2.45) is 5.92 Å². The predicted molar refractivity (Wildman–Crippen MR) is 59.8 cm³/mol. The summed E-state index contributed by atoms with van der Waals surface area (Å²) < 4.78 is 0. The molecule has 0 nitrogen and oxygen atoms in total. The molecule has 0 amide bonds. The highest BCUT2D eigenvalue weighted by Gasteiger charge is 2.07. The Morgan fingerprint density at radius 2 is 2.00 bits per heavy atom. The molecule has 0 aliphatic heterocycles. The molecule has 0 saturated carbocycles. The lowest BCUT2D eigenvalue weighted by molar-refractivity contribution is 0.577. The molecule has 0 saturated heterocycles. The summed E-state index contributed by atoms with van der Waals surface area (Å²) in [5.41, 5.74) is 0. The summed E-state index contributed by atoms with van der Waals surface area (Å²) in [6, 6.07) is 0. The van der Waals surface area contributed by atoms with Crippen LogP contribution in [0.25, 0.3) is 0 Å². The van der Waals surface area contributed by atoms with Crippen molar-refractivity contribution in [1.82, 2.24) is 0 Å². The quantitative estimate of drug-likeness (QED) is 0.499. The smallest absolute Gasteiger partial charge is 0.0169 e. The van der Waals surface area contributed by atoms with Gasteiger partial charge in [-0.15, -0.1) is 0 Å². The second kappa shape index (κ2) is 7.48. The van der Waals surface area contributed by atoms with Gasteiger partial charge in [-0.25, -0.2) is 0 Å². The average molecular weight is 239 g/mol. The Morgan fingerprint density at radius 3 is 2.45 bits per heavy atom. The van der Waals surface area contributed by atoms with Gasteiger partial charge in [0.1, 0.15) is 0 Å². The Balaban J connectivity index is 3.10. The van der Waals surface area contributed by atoms with E-state index >= 15 is 0 Å². The van der Waals surface area contributed by atoms with Crippen LogP contribution >= 0.6 is 27.7 Å². The molecule has 0 bridgehead atoms. The minimum Gasteiger partial charge on any atom is -0.162 e. The zero-order valence-electron chi connectivity index (χ0n) is 7.77.